The van der Waals surface area contributed by atoms with Gasteiger partial charge in [0.2, 0.25) is 5.91 Å². The predicted octanol–water partition coefficient (Wildman–Crippen LogP) is 4.08. The van der Waals surface area contributed by atoms with Gasteiger partial charge in [-0.25, -0.2) is 0 Å². The minimum atomic E-state index is -0.0344. The minimum Gasteiger partial charge on any atom is -0.354 e. The molecule has 4 rings (SSSR count). The summed E-state index contributed by atoms with van der Waals surface area (Å²) in [6, 6.07) is 4.12. The van der Waals surface area contributed by atoms with Crippen LogP contribution in [-0.2, 0) is 4.79 Å². The van der Waals surface area contributed by atoms with Gasteiger partial charge in [-0.05, 0) is 37.3 Å². The van der Waals surface area contributed by atoms with Gasteiger partial charge in [-0.2, -0.15) is 0 Å². The summed E-state index contributed by atoms with van der Waals surface area (Å²) in [6.07, 6.45) is 5.92. The Bertz CT molecular complexity index is 589. The molecule has 2 fully saturated rings. The summed E-state index contributed by atoms with van der Waals surface area (Å²) in [5.41, 5.74) is 1.84. The Morgan fingerprint density at radius 1 is 1.15 bits per heavy atom. The van der Waals surface area contributed by atoms with Crippen LogP contribution in [0.1, 0.15) is 32.1 Å². The molecule has 3 unspecified atom stereocenters. The van der Waals surface area contributed by atoms with Crippen LogP contribution in [0.25, 0.3) is 0 Å². The Labute approximate surface area is 128 Å². The maximum Gasteiger partial charge on any atom is 0.247 e. The van der Waals surface area contributed by atoms with Crippen molar-refractivity contribution in [3.05, 3.63) is 22.2 Å². The highest BCUT2D eigenvalue weighted by atomic mass is 35.5. The number of amides is 1. The summed E-state index contributed by atoms with van der Waals surface area (Å²) >= 11 is 12.2. The van der Waals surface area contributed by atoms with E-state index in [-0.39, 0.29) is 11.9 Å². The van der Waals surface area contributed by atoms with Crippen LogP contribution < -0.4 is 10.2 Å². The van der Waals surface area contributed by atoms with Crippen LogP contribution in [0.15, 0.2) is 12.1 Å². The third-order valence-electron chi connectivity index (χ3n) is 4.97. The molecule has 1 aromatic rings. The van der Waals surface area contributed by atoms with Crippen molar-refractivity contribution in [3.63, 3.8) is 0 Å². The number of fused-ring (bicyclic) bond motifs is 5. The van der Waals surface area contributed by atoms with Gasteiger partial charge >= 0.3 is 0 Å². The van der Waals surface area contributed by atoms with E-state index in [0.717, 1.165) is 17.8 Å². The molecule has 0 radical (unpaired) electrons. The van der Waals surface area contributed by atoms with Gasteiger partial charge in [0.15, 0.2) is 0 Å². The van der Waals surface area contributed by atoms with Gasteiger partial charge in [0, 0.05) is 6.04 Å². The van der Waals surface area contributed by atoms with Gasteiger partial charge in [-0.1, -0.05) is 36.0 Å². The zero-order valence-electron chi connectivity index (χ0n) is 11.0. The molecule has 1 N–H and O–H groups in total. The second-order valence-corrected chi connectivity index (χ2v) is 6.86. The van der Waals surface area contributed by atoms with Gasteiger partial charge < -0.3 is 10.2 Å². The topological polar surface area (TPSA) is 32.3 Å². The van der Waals surface area contributed by atoms with Crippen LogP contribution in [0.4, 0.5) is 11.4 Å². The molecule has 20 heavy (non-hydrogen) atoms. The van der Waals surface area contributed by atoms with Crippen molar-refractivity contribution >= 4 is 40.5 Å². The van der Waals surface area contributed by atoms with E-state index in [4.69, 9.17) is 23.2 Å². The van der Waals surface area contributed by atoms with Crippen molar-refractivity contribution in [1.29, 1.82) is 0 Å². The Balaban J connectivity index is 1.83. The van der Waals surface area contributed by atoms with Crippen LogP contribution in [0.2, 0.25) is 10.0 Å². The first-order chi connectivity index (χ1) is 9.65. The molecule has 1 amide bonds. The molecule has 0 bridgehead atoms. The summed E-state index contributed by atoms with van der Waals surface area (Å²) < 4.78 is 0. The zero-order valence-corrected chi connectivity index (χ0v) is 12.5. The standard InChI is InChI=1S/C15H16Cl2N2O/c16-9-6-11-13(7-10(9)17)19-12-4-2-1-3-8(12)5-14(19)15(20)18-11/h6-8,12,14H,1-5H2,(H,18,20). The lowest BCUT2D eigenvalue weighted by molar-refractivity contribution is -0.117. The highest BCUT2D eigenvalue weighted by molar-refractivity contribution is 6.42. The SMILES string of the molecule is O=C1Nc2cc(Cl)c(Cl)cc2N2C1CC1CCCCC12. The largest absolute Gasteiger partial charge is 0.354 e. The number of rotatable bonds is 0. The number of halogens is 2. The van der Waals surface area contributed by atoms with E-state index in [0.29, 0.717) is 22.0 Å². The lowest BCUT2D eigenvalue weighted by atomic mass is 9.84. The molecule has 3 aliphatic rings. The van der Waals surface area contributed by atoms with Crippen LogP contribution in [-0.4, -0.2) is 18.0 Å². The minimum absolute atomic E-state index is 0.0344. The summed E-state index contributed by atoms with van der Waals surface area (Å²) in [5, 5.41) is 4.03. The van der Waals surface area contributed by atoms with Crippen LogP contribution in [0.3, 0.4) is 0 Å². The Morgan fingerprint density at radius 3 is 2.75 bits per heavy atom. The van der Waals surface area contributed by atoms with Crippen molar-refractivity contribution in [2.24, 2.45) is 5.92 Å². The van der Waals surface area contributed by atoms with Crippen molar-refractivity contribution in [3.8, 4) is 0 Å². The first-order valence-electron chi connectivity index (χ1n) is 7.23. The predicted molar refractivity (Wildman–Crippen MR) is 81.7 cm³/mol. The van der Waals surface area contributed by atoms with E-state index in [1.54, 1.807) is 6.07 Å². The smallest absolute Gasteiger partial charge is 0.247 e. The number of hydrogen-bond acceptors (Lipinski definition) is 2. The fourth-order valence-corrected chi connectivity index (χ4v) is 4.43. The molecular weight excluding hydrogens is 295 g/mol. The molecule has 0 aromatic heterocycles. The molecule has 106 valence electrons. The van der Waals surface area contributed by atoms with Crippen molar-refractivity contribution in [1.82, 2.24) is 0 Å². The van der Waals surface area contributed by atoms with E-state index in [2.05, 4.69) is 10.2 Å². The van der Waals surface area contributed by atoms with Crippen molar-refractivity contribution in [2.75, 3.05) is 10.2 Å². The van der Waals surface area contributed by atoms with Crippen LogP contribution in [0, 0.1) is 5.92 Å². The normalized spacial score (nSPS) is 31.4. The summed E-state index contributed by atoms with van der Waals surface area (Å²) in [4.78, 5) is 14.7. The van der Waals surface area contributed by atoms with E-state index < -0.39 is 0 Å². The maximum absolute atomic E-state index is 12.3. The molecule has 0 spiro atoms. The molecule has 3 nitrogen and oxygen atoms in total. The maximum atomic E-state index is 12.3. The number of carbonyl (C=O) groups excluding carboxylic acids is 1. The van der Waals surface area contributed by atoms with E-state index in [9.17, 15) is 4.79 Å². The van der Waals surface area contributed by atoms with E-state index in [1.165, 1.54) is 25.7 Å². The first-order valence-corrected chi connectivity index (χ1v) is 7.99. The van der Waals surface area contributed by atoms with Gasteiger partial charge in [0.25, 0.3) is 0 Å². The van der Waals surface area contributed by atoms with Crippen molar-refractivity contribution < 1.29 is 4.79 Å². The molecule has 1 saturated carbocycles. The van der Waals surface area contributed by atoms with Crippen LogP contribution in [0.5, 0.6) is 0 Å². The number of carbonyl (C=O) groups is 1. The fourth-order valence-electron chi connectivity index (χ4n) is 4.11. The Hall–Kier alpha value is -0.930. The summed E-state index contributed by atoms with van der Waals surface area (Å²) in [7, 11) is 0. The quantitative estimate of drug-likeness (QED) is 0.783. The van der Waals surface area contributed by atoms with Gasteiger partial charge in [0.05, 0.1) is 21.4 Å². The van der Waals surface area contributed by atoms with Gasteiger partial charge in [-0.15, -0.1) is 0 Å². The molecule has 1 aromatic carbocycles. The first kappa shape index (κ1) is 12.8. The lowest BCUT2D eigenvalue weighted by Crippen LogP contribution is -2.48. The number of benzene rings is 1. The molecular formula is C15H16Cl2N2O. The summed E-state index contributed by atoms with van der Waals surface area (Å²) in [5.74, 6) is 0.741. The fraction of sp³-hybridized carbons (Fsp3) is 0.533. The number of hydrogen-bond donors (Lipinski definition) is 1. The highest BCUT2D eigenvalue weighted by Gasteiger charge is 2.48. The van der Waals surface area contributed by atoms with E-state index >= 15 is 0 Å². The molecule has 2 heterocycles. The molecule has 5 heteroatoms. The number of nitrogens with zero attached hydrogens (tertiary/aromatic N) is 1. The molecule has 3 atom stereocenters. The second-order valence-electron chi connectivity index (χ2n) is 6.04. The molecule has 1 saturated heterocycles. The second kappa shape index (κ2) is 4.54. The summed E-state index contributed by atoms with van der Waals surface area (Å²) in [6.45, 7) is 0. The highest BCUT2D eigenvalue weighted by Crippen LogP contribution is 2.48. The average molecular weight is 311 g/mol. The Morgan fingerprint density at radius 2 is 1.90 bits per heavy atom. The number of nitrogens with one attached hydrogen (secondary N) is 1. The third kappa shape index (κ3) is 1.76. The number of anilines is 2. The lowest BCUT2D eigenvalue weighted by Gasteiger charge is -2.39. The van der Waals surface area contributed by atoms with E-state index in [1.807, 2.05) is 6.07 Å². The molecule has 2 aliphatic heterocycles. The van der Waals surface area contributed by atoms with Gasteiger partial charge in [-0.3, -0.25) is 4.79 Å². The van der Waals surface area contributed by atoms with Gasteiger partial charge in [0.1, 0.15) is 6.04 Å². The monoisotopic (exact) mass is 310 g/mol. The molecule has 1 aliphatic carbocycles. The zero-order chi connectivity index (χ0) is 13.9. The Kier molecular flexibility index (Phi) is 2.90. The van der Waals surface area contributed by atoms with Crippen LogP contribution >= 0.6 is 23.2 Å². The third-order valence-corrected chi connectivity index (χ3v) is 5.69. The average Bonchev–Trinajstić information content (AvgIpc) is 2.82. The van der Waals surface area contributed by atoms with Crippen molar-refractivity contribution in [2.45, 2.75) is 44.2 Å².